The first kappa shape index (κ1) is 16.8. The quantitative estimate of drug-likeness (QED) is 0.701. The van der Waals surface area contributed by atoms with Crippen molar-refractivity contribution in [1.29, 1.82) is 0 Å². The second-order valence-electron chi connectivity index (χ2n) is 5.16. The van der Waals surface area contributed by atoms with Gasteiger partial charge in [-0.15, -0.1) is 0 Å². The zero-order chi connectivity index (χ0) is 17.3. The molecule has 0 bridgehead atoms. The van der Waals surface area contributed by atoms with Crippen LogP contribution in [0.3, 0.4) is 0 Å². The standard InChI is InChI=1S/C17H12ClF2NO2S/c18-15-7-8-16(19)14(17(15)20)10-21-24(22,23)13-6-5-11-3-1-2-4-12(11)9-13/h1-9,21H,10H2. The van der Waals surface area contributed by atoms with Gasteiger partial charge in [0.1, 0.15) is 11.6 Å². The smallest absolute Gasteiger partial charge is 0.207 e. The van der Waals surface area contributed by atoms with Gasteiger partial charge in [0.05, 0.1) is 9.92 Å². The summed E-state index contributed by atoms with van der Waals surface area (Å²) in [7, 11) is -3.92. The van der Waals surface area contributed by atoms with Crippen LogP contribution in [-0.4, -0.2) is 8.42 Å². The molecule has 24 heavy (non-hydrogen) atoms. The van der Waals surface area contributed by atoms with Crippen molar-refractivity contribution in [3.05, 3.63) is 76.8 Å². The number of hydrogen-bond acceptors (Lipinski definition) is 2. The summed E-state index contributed by atoms with van der Waals surface area (Å²) in [6.07, 6.45) is 0. The van der Waals surface area contributed by atoms with Crippen LogP contribution in [-0.2, 0) is 16.6 Å². The van der Waals surface area contributed by atoms with E-state index < -0.39 is 33.8 Å². The molecule has 0 aliphatic heterocycles. The molecule has 0 aliphatic carbocycles. The number of sulfonamides is 1. The monoisotopic (exact) mass is 367 g/mol. The van der Waals surface area contributed by atoms with Gasteiger partial charge >= 0.3 is 0 Å². The van der Waals surface area contributed by atoms with Crippen LogP contribution in [0.15, 0.2) is 59.5 Å². The predicted molar refractivity (Wildman–Crippen MR) is 89.3 cm³/mol. The second kappa shape index (κ2) is 6.47. The van der Waals surface area contributed by atoms with Gasteiger partial charge in [-0.05, 0) is 35.0 Å². The maximum Gasteiger partial charge on any atom is 0.240 e. The van der Waals surface area contributed by atoms with Gasteiger partial charge in [0.2, 0.25) is 10.0 Å². The topological polar surface area (TPSA) is 46.2 Å². The SMILES string of the molecule is O=S(=O)(NCc1c(F)ccc(Cl)c1F)c1ccc2ccccc2c1. The molecule has 0 fully saturated rings. The van der Waals surface area contributed by atoms with E-state index in [2.05, 4.69) is 4.72 Å². The van der Waals surface area contributed by atoms with E-state index in [0.29, 0.717) is 0 Å². The molecule has 0 saturated heterocycles. The first-order chi connectivity index (χ1) is 11.4. The Morgan fingerprint density at radius 2 is 1.67 bits per heavy atom. The van der Waals surface area contributed by atoms with Crippen LogP contribution in [0.4, 0.5) is 8.78 Å². The lowest BCUT2D eigenvalue weighted by atomic mass is 10.1. The Labute approximate surface area is 142 Å². The molecule has 0 radical (unpaired) electrons. The van der Waals surface area contributed by atoms with Gasteiger partial charge in [-0.25, -0.2) is 21.9 Å². The molecule has 1 N–H and O–H groups in total. The minimum atomic E-state index is -3.92. The van der Waals surface area contributed by atoms with E-state index in [1.54, 1.807) is 18.2 Å². The summed E-state index contributed by atoms with van der Waals surface area (Å²) in [6.45, 7) is -0.534. The highest BCUT2D eigenvalue weighted by molar-refractivity contribution is 7.89. The van der Waals surface area contributed by atoms with Crippen molar-refractivity contribution in [1.82, 2.24) is 4.72 Å². The number of benzene rings is 3. The highest BCUT2D eigenvalue weighted by atomic mass is 35.5. The van der Waals surface area contributed by atoms with Crippen molar-refractivity contribution in [3.8, 4) is 0 Å². The lowest BCUT2D eigenvalue weighted by Gasteiger charge is -2.10. The van der Waals surface area contributed by atoms with Crippen LogP contribution in [0.2, 0.25) is 5.02 Å². The molecule has 0 atom stereocenters. The lowest BCUT2D eigenvalue weighted by molar-refractivity contribution is 0.544. The number of hydrogen-bond donors (Lipinski definition) is 1. The summed E-state index contributed by atoms with van der Waals surface area (Å²) >= 11 is 5.60. The van der Waals surface area contributed by atoms with E-state index in [-0.39, 0.29) is 9.92 Å². The zero-order valence-corrected chi connectivity index (χ0v) is 13.8. The lowest BCUT2D eigenvalue weighted by Crippen LogP contribution is -2.24. The molecule has 0 amide bonds. The number of nitrogens with one attached hydrogen (secondary N) is 1. The fraction of sp³-hybridized carbons (Fsp3) is 0.0588. The van der Waals surface area contributed by atoms with Gasteiger partial charge in [0.15, 0.2) is 0 Å². The first-order valence-corrected chi connectivity index (χ1v) is 8.85. The molecule has 0 aliphatic rings. The van der Waals surface area contributed by atoms with Crippen molar-refractivity contribution in [2.24, 2.45) is 0 Å². The van der Waals surface area contributed by atoms with Crippen molar-refractivity contribution in [2.75, 3.05) is 0 Å². The molecule has 3 rings (SSSR count). The van der Waals surface area contributed by atoms with E-state index in [9.17, 15) is 17.2 Å². The normalized spacial score (nSPS) is 11.8. The predicted octanol–water partition coefficient (Wildman–Crippen LogP) is 4.25. The third kappa shape index (κ3) is 3.26. The van der Waals surface area contributed by atoms with Crippen LogP contribution >= 0.6 is 11.6 Å². The van der Waals surface area contributed by atoms with Gasteiger partial charge in [-0.2, -0.15) is 0 Å². The highest BCUT2D eigenvalue weighted by Crippen LogP contribution is 2.22. The average molecular weight is 368 g/mol. The summed E-state index contributed by atoms with van der Waals surface area (Å²) in [5, 5.41) is 1.38. The van der Waals surface area contributed by atoms with Gasteiger partial charge in [-0.1, -0.05) is 41.9 Å². The molecule has 124 valence electrons. The fourth-order valence-electron chi connectivity index (χ4n) is 2.32. The molecule has 0 spiro atoms. The summed E-state index contributed by atoms with van der Waals surface area (Å²) in [4.78, 5) is 0.0176. The van der Waals surface area contributed by atoms with Gasteiger partial charge in [0, 0.05) is 12.1 Å². The Balaban J connectivity index is 1.90. The Bertz CT molecular complexity index is 1020. The Morgan fingerprint density at radius 1 is 0.958 bits per heavy atom. The molecule has 0 aromatic heterocycles. The molecule has 0 saturated carbocycles. The van der Waals surface area contributed by atoms with Crippen molar-refractivity contribution in [3.63, 3.8) is 0 Å². The Kier molecular flexibility index (Phi) is 4.54. The second-order valence-corrected chi connectivity index (χ2v) is 7.33. The van der Waals surface area contributed by atoms with Crippen molar-refractivity contribution < 1.29 is 17.2 Å². The van der Waals surface area contributed by atoms with E-state index in [4.69, 9.17) is 11.6 Å². The largest absolute Gasteiger partial charge is 0.240 e. The summed E-state index contributed by atoms with van der Waals surface area (Å²) < 4.78 is 54.5. The van der Waals surface area contributed by atoms with Crippen LogP contribution in [0, 0.1) is 11.6 Å². The van der Waals surface area contributed by atoms with Crippen LogP contribution in [0.25, 0.3) is 10.8 Å². The van der Waals surface area contributed by atoms with Gasteiger partial charge < -0.3 is 0 Å². The molecule has 7 heteroatoms. The van der Waals surface area contributed by atoms with Crippen LogP contribution < -0.4 is 4.72 Å². The maximum absolute atomic E-state index is 13.8. The number of rotatable bonds is 4. The molecule has 3 nitrogen and oxygen atoms in total. The molecular weight excluding hydrogens is 356 g/mol. The van der Waals surface area contributed by atoms with Gasteiger partial charge in [-0.3, -0.25) is 0 Å². The molecule has 3 aromatic rings. The third-order valence-corrected chi connectivity index (χ3v) is 5.30. The van der Waals surface area contributed by atoms with E-state index >= 15 is 0 Å². The molecule has 0 unspecified atom stereocenters. The average Bonchev–Trinajstić information content (AvgIpc) is 2.58. The van der Waals surface area contributed by atoms with E-state index in [1.165, 1.54) is 12.1 Å². The minimum absolute atomic E-state index is 0.0176. The number of halogens is 3. The summed E-state index contributed by atoms with van der Waals surface area (Å²) in [6, 6.07) is 14.0. The summed E-state index contributed by atoms with van der Waals surface area (Å²) in [5.41, 5.74) is -0.424. The molecular formula is C17H12ClF2NO2S. The van der Waals surface area contributed by atoms with Gasteiger partial charge in [0.25, 0.3) is 0 Å². The Morgan fingerprint density at radius 3 is 2.42 bits per heavy atom. The van der Waals surface area contributed by atoms with E-state index in [1.807, 2.05) is 12.1 Å². The highest BCUT2D eigenvalue weighted by Gasteiger charge is 2.18. The minimum Gasteiger partial charge on any atom is -0.207 e. The van der Waals surface area contributed by atoms with Crippen LogP contribution in [0.5, 0.6) is 0 Å². The maximum atomic E-state index is 13.8. The fourth-order valence-corrected chi connectivity index (χ4v) is 3.52. The number of fused-ring (bicyclic) bond motifs is 1. The van der Waals surface area contributed by atoms with Crippen molar-refractivity contribution in [2.45, 2.75) is 11.4 Å². The van der Waals surface area contributed by atoms with Crippen LogP contribution in [0.1, 0.15) is 5.56 Å². The van der Waals surface area contributed by atoms with Crippen molar-refractivity contribution >= 4 is 32.4 Å². The molecule has 0 heterocycles. The zero-order valence-electron chi connectivity index (χ0n) is 12.3. The van der Waals surface area contributed by atoms with E-state index in [0.717, 1.165) is 22.9 Å². The third-order valence-electron chi connectivity index (χ3n) is 3.61. The Hall–Kier alpha value is -2.02. The summed E-state index contributed by atoms with van der Waals surface area (Å²) in [5.74, 6) is -1.84. The molecule has 3 aromatic carbocycles. The first-order valence-electron chi connectivity index (χ1n) is 6.99.